The van der Waals surface area contributed by atoms with Crippen LogP contribution in [0, 0.1) is 5.82 Å². The van der Waals surface area contributed by atoms with E-state index in [0.717, 1.165) is 6.07 Å². The van der Waals surface area contributed by atoms with Gasteiger partial charge in [0.2, 0.25) is 0 Å². The van der Waals surface area contributed by atoms with E-state index in [9.17, 15) is 14.0 Å². The summed E-state index contributed by atoms with van der Waals surface area (Å²) in [5.74, 6) is -2.18. The monoisotopic (exact) mass is 301 g/mol. The second kappa shape index (κ2) is 6.70. The maximum atomic E-state index is 13.3. The van der Waals surface area contributed by atoms with Gasteiger partial charge in [0, 0.05) is 5.56 Å². The molecular formula is C14H17ClFNO3. The van der Waals surface area contributed by atoms with E-state index < -0.39 is 23.2 Å². The molecular weight excluding hydrogens is 285 g/mol. The Bertz CT molecular complexity index is 515. The van der Waals surface area contributed by atoms with Gasteiger partial charge in [-0.1, -0.05) is 25.4 Å². The molecule has 0 saturated carbocycles. The van der Waals surface area contributed by atoms with Crippen molar-refractivity contribution in [1.82, 2.24) is 5.32 Å². The van der Waals surface area contributed by atoms with Crippen molar-refractivity contribution in [3.05, 3.63) is 34.6 Å². The molecule has 1 aromatic rings. The van der Waals surface area contributed by atoms with Crippen LogP contribution < -0.4 is 5.32 Å². The van der Waals surface area contributed by atoms with E-state index in [2.05, 4.69) is 5.32 Å². The van der Waals surface area contributed by atoms with Gasteiger partial charge in [0.25, 0.3) is 5.91 Å². The van der Waals surface area contributed by atoms with Crippen LogP contribution in [-0.2, 0) is 4.79 Å². The number of amides is 1. The normalized spacial score (nSPS) is 11.2. The molecule has 1 aromatic carbocycles. The molecule has 20 heavy (non-hydrogen) atoms. The molecule has 2 N–H and O–H groups in total. The van der Waals surface area contributed by atoms with Crippen LogP contribution in [0.15, 0.2) is 18.2 Å². The fraction of sp³-hybridized carbons (Fsp3) is 0.429. The molecule has 0 heterocycles. The highest BCUT2D eigenvalue weighted by atomic mass is 35.5. The van der Waals surface area contributed by atoms with Crippen molar-refractivity contribution in [2.45, 2.75) is 38.6 Å². The predicted octanol–water partition coefficient (Wildman–Crippen LogP) is 3.24. The first-order valence-electron chi connectivity index (χ1n) is 6.33. The number of nitrogens with one attached hydrogen (secondary N) is 1. The number of carboxylic acids is 1. The zero-order chi connectivity index (χ0) is 15.3. The van der Waals surface area contributed by atoms with Crippen molar-refractivity contribution >= 4 is 23.5 Å². The summed E-state index contributed by atoms with van der Waals surface area (Å²) < 4.78 is 13.3. The lowest BCUT2D eigenvalue weighted by Crippen LogP contribution is -2.49. The van der Waals surface area contributed by atoms with Gasteiger partial charge in [-0.15, -0.1) is 0 Å². The van der Waals surface area contributed by atoms with Crippen molar-refractivity contribution in [2.75, 3.05) is 0 Å². The highest BCUT2D eigenvalue weighted by molar-refractivity contribution is 6.30. The maximum absolute atomic E-state index is 13.3. The SMILES string of the molecule is CCC(CC)(CC(=O)O)NC(=O)c1ccc(Cl)c(F)c1. The zero-order valence-electron chi connectivity index (χ0n) is 11.4. The first-order chi connectivity index (χ1) is 9.33. The Labute approximate surface area is 121 Å². The van der Waals surface area contributed by atoms with E-state index in [1.54, 1.807) is 13.8 Å². The molecule has 0 radical (unpaired) electrons. The van der Waals surface area contributed by atoms with Gasteiger partial charge in [-0.3, -0.25) is 9.59 Å². The Morgan fingerprint density at radius 3 is 2.40 bits per heavy atom. The van der Waals surface area contributed by atoms with Gasteiger partial charge >= 0.3 is 5.97 Å². The number of carbonyl (C=O) groups excluding carboxylic acids is 1. The van der Waals surface area contributed by atoms with E-state index >= 15 is 0 Å². The summed E-state index contributed by atoms with van der Waals surface area (Å²) in [6.45, 7) is 3.60. The number of rotatable bonds is 6. The van der Waals surface area contributed by atoms with Gasteiger partial charge in [0.05, 0.1) is 17.0 Å². The van der Waals surface area contributed by atoms with Crippen LogP contribution in [0.25, 0.3) is 0 Å². The summed E-state index contributed by atoms with van der Waals surface area (Å²) in [5.41, 5.74) is -0.720. The molecule has 0 aliphatic heterocycles. The maximum Gasteiger partial charge on any atom is 0.305 e. The predicted molar refractivity (Wildman–Crippen MR) is 74.4 cm³/mol. The van der Waals surface area contributed by atoms with Crippen molar-refractivity contribution < 1.29 is 19.1 Å². The number of benzene rings is 1. The average molecular weight is 302 g/mol. The number of hydrogen-bond acceptors (Lipinski definition) is 2. The Morgan fingerprint density at radius 2 is 1.95 bits per heavy atom. The van der Waals surface area contributed by atoms with Gasteiger partial charge in [0.15, 0.2) is 0 Å². The summed E-state index contributed by atoms with van der Waals surface area (Å²) in [6.07, 6.45) is 0.761. The van der Waals surface area contributed by atoms with E-state index in [1.165, 1.54) is 12.1 Å². The Hall–Kier alpha value is -1.62. The average Bonchev–Trinajstić information content (AvgIpc) is 2.40. The molecule has 0 spiro atoms. The number of aliphatic carboxylic acids is 1. The van der Waals surface area contributed by atoms with Crippen molar-refractivity contribution in [3.63, 3.8) is 0 Å². The third-order valence-electron chi connectivity index (χ3n) is 3.40. The van der Waals surface area contributed by atoms with Crippen LogP contribution in [0.1, 0.15) is 43.5 Å². The molecule has 0 bridgehead atoms. The fourth-order valence-electron chi connectivity index (χ4n) is 1.96. The van der Waals surface area contributed by atoms with E-state index in [4.69, 9.17) is 16.7 Å². The van der Waals surface area contributed by atoms with Gasteiger partial charge in [0.1, 0.15) is 5.82 Å². The quantitative estimate of drug-likeness (QED) is 0.847. The number of carboxylic acid groups (broad SMARTS) is 1. The lowest BCUT2D eigenvalue weighted by atomic mass is 9.88. The fourth-order valence-corrected chi connectivity index (χ4v) is 2.08. The van der Waals surface area contributed by atoms with Gasteiger partial charge in [-0.25, -0.2) is 4.39 Å². The second-order valence-corrected chi connectivity index (χ2v) is 5.05. The summed E-state index contributed by atoms with van der Waals surface area (Å²) in [7, 11) is 0. The Balaban J connectivity index is 2.95. The largest absolute Gasteiger partial charge is 0.481 e. The van der Waals surface area contributed by atoms with Crippen LogP contribution in [0.5, 0.6) is 0 Å². The van der Waals surface area contributed by atoms with Crippen molar-refractivity contribution in [3.8, 4) is 0 Å². The van der Waals surface area contributed by atoms with E-state index in [-0.39, 0.29) is 17.0 Å². The minimum Gasteiger partial charge on any atom is -0.481 e. The van der Waals surface area contributed by atoms with Crippen LogP contribution in [0.2, 0.25) is 5.02 Å². The third kappa shape index (κ3) is 3.93. The smallest absolute Gasteiger partial charge is 0.305 e. The Kier molecular flexibility index (Phi) is 5.51. The highest BCUT2D eigenvalue weighted by Gasteiger charge is 2.31. The minimum atomic E-state index is -0.990. The summed E-state index contributed by atoms with van der Waals surface area (Å²) in [4.78, 5) is 23.0. The second-order valence-electron chi connectivity index (χ2n) is 4.64. The first-order valence-corrected chi connectivity index (χ1v) is 6.70. The van der Waals surface area contributed by atoms with Crippen LogP contribution in [-0.4, -0.2) is 22.5 Å². The Morgan fingerprint density at radius 1 is 1.35 bits per heavy atom. The summed E-state index contributed by atoms with van der Waals surface area (Å²) >= 11 is 5.56. The zero-order valence-corrected chi connectivity index (χ0v) is 12.1. The highest BCUT2D eigenvalue weighted by Crippen LogP contribution is 2.22. The number of carbonyl (C=O) groups is 2. The first kappa shape index (κ1) is 16.4. The lowest BCUT2D eigenvalue weighted by molar-refractivity contribution is -0.138. The van der Waals surface area contributed by atoms with E-state index in [1.807, 2.05) is 0 Å². The molecule has 1 rings (SSSR count). The van der Waals surface area contributed by atoms with Crippen LogP contribution >= 0.6 is 11.6 Å². The third-order valence-corrected chi connectivity index (χ3v) is 3.71. The molecule has 0 aliphatic carbocycles. The van der Waals surface area contributed by atoms with Gasteiger partial charge in [-0.05, 0) is 31.0 Å². The molecule has 0 fully saturated rings. The van der Waals surface area contributed by atoms with Crippen LogP contribution in [0.4, 0.5) is 4.39 Å². The molecule has 110 valence electrons. The van der Waals surface area contributed by atoms with Crippen molar-refractivity contribution in [2.24, 2.45) is 0 Å². The topological polar surface area (TPSA) is 66.4 Å². The number of halogens is 2. The van der Waals surface area contributed by atoms with Gasteiger partial charge in [-0.2, -0.15) is 0 Å². The van der Waals surface area contributed by atoms with Gasteiger partial charge < -0.3 is 10.4 Å². The summed E-state index contributed by atoms with van der Waals surface area (Å²) in [5, 5.41) is 11.6. The lowest BCUT2D eigenvalue weighted by Gasteiger charge is -2.31. The molecule has 6 heteroatoms. The molecule has 4 nitrogen and oxygen atoms in total. The molecule has 0 aromatic heterocycles. The minimum absolute atomic E-state index is 0.0654. The molecule has 1 amide bonds. The van der Waals surface area contributed by atoms with E-state index in [0.29, 0.717) is 12.8 Å². The van der Waals surface area contributed by atoms with Crippen LogP contribution in [0.3, 0.4) is 0 Å². The molecule has 0 saturated heterocycles. The molecule has 0 unspecified atom stereocenters. The summed E-state index contributed by atoms with van der Waals surface area (Å²) in [6, 6.07) is 3.73. The standard InChI is InChI=1S/C14H17ClFNO3/c1-3-14(4-2,8-12(18)19)17-13(20)9-5-6-10(15)11(16)7-9/h5-7H,3-4,8H2,1-2H3,(H,17,20)(H,18,19). The molecule has 0 aliphatic rings. The number of hydrogen-bond donors (Lipinski definition) is 2. The molecule has 0 atom stereocenters. The van der Waals surface area contributed by atoms with Crippen molar-refractivity contribution in [1.29, 1.82) is 0 Å².